The highest BCUT2D eigenvalue weighted by atomic mass is 32.2. The van der Waals surface area contributed by atoms with E-state index >= 15 is 0 Å². The van der Waals surface area contributed by atoms with Crippen molar-refractivity contribution in [3.8, 4) is 5.75 Å². The van der Waals surface area contributed by atoms with Crippen molar-refractivity contribution in [2.24, 2.45) is 0 Å². The normalized spacial score (nSPS) is 14.2. The molecule has 192 valence electrons. The maximum absolute atomic E-state index is 13.4. The molecule has 6 rings (SSSR count). The van der Waals surface area contributed by atoms with Crippen LogP contribution < -0.4 is 9.64 Å². The highest BCUT2D eigenvalue weighted by Crippen LogP contribution is 2.30. The summed E-state index contributed by atoms with van der Waals surface area (Å²) in [7, 11) is -2.05. The summed E-state index contributed by atoms with van der Waals surface area (Å²) in [5.74, 6) is 0.690. The van der Waals surface area contributed by atoms with Crippen LogP contribution in [0.3, 0.4) is 0 Å². The monoisotopic (exact) mass is 526 g/mol. The van der Waals surface area contributed by atoms with E-state index in [9.17, 15) is 13.2 Å². The second-order valence-corrected chi connectivity index (χ2v) is 11.2. The molecular weight excluding hydrogens is 500 g/mol. The van der Waals surface area contributed by atoms with Gasteiger partial charge in [0, 0.05) is 54.9 Å². The minimum absolute atomic E-state index is 0.0176. The topological polar surface area (TPSA) is 95.6 Å². The molecule has 0 saturated carbocycles. The zero-order valence-corrected chi connectivity index (χ0v) is 21.6. The van der Waals surface area contributed by atoms with Crippen LogP contribution in [0.25, 0.3) is 21.8 Å². The number of hydrogen-bond acceptors (Lipinski definition) is 6. The van der Waals surface area contributed by atoms with Gasteiger partial charge in [-0.15, -0.1) is 0 Å². The summed E-state index contributed by atoms with van der Waals surface area (Å²) < 4.78 is 31.5. The molecule has 38 heavy (non-hydrogen) atoms. The van der Waals surface area contributed by atoms with Crippen molar-refractivity contribution in [2.45, 2.75) is 9.79 Å². The second kappa shape index (κ2) is 9.50. The Morgan fingerprint density at radius 1 is 0.921 bits per heavy atom. The fraction of sp³-hybridized carbons (Fsp3) is 0.172. The molecule has 8 nitrogen and oxygen atoms in total. The number of methoxy groups -OCH3 is 1. The number of rotatable bonds is 5. The van der Waals surface area contributed by atoms with Crippen LogP contribution in [-0.4, -0.2) is 62.5 Å². The number of ether oxygens (including phenoxy) is 1. The Kier molecular flexibility index (Phi) is 6.00. The minimum Gasteiger partial charge on any atom is -0.497 e. The lowest BCUT2D eigenvalue weighted by Gasteiger charge is -2.36. The maximum Gasteiger partial charge on any atom is 0.256 e. The van der Waals surface area contributed by atoms with Gasteiger partial charge < -0.3 is 19.5 Å². The SMILES string of the molecule is COc1ccc2[nH]cc(C(=O)N3CCN(c4cccc5cc(S(=O)(=O)c6ccccc6)cnc45)CC3)c2c1. The van der Waals surface area contributed by atoms with Crippen molar-refractivity contribution in [1.29, 1.82) is 0 Å². The van der Waals surface area contributed by atoms with E-state index in [-0.39, 0.29) is 15.7 Å². The van der Waals surface area contributed by atoms with Crippen molar-refractivity contribution in [3.05, 3.63) is 90.8 Å². The maximum atomic E-state index is 13.4. The van der Waals surface area contributed by atoms with Crippen molar-refractivity contribution in [3.63, 3.8) is 0 Å². The predicted molar refractivity (Wildman–Crippen MR) is 147 cm³/mol. The number of aromatic amines is 1. The number of fused-ring (bicyclic) bond motifs is 2. The molecule has 1 fully saturated rings. The molecule has 0 aliphatic carbocycles. The number of aromatic nitrogens is 2. The molecule has 2 aromatic heterocycles. The Labute approximate surface area is 220 Å². The van der Waals surface area contributed by atoms with Crippen LogP contribution in [0.5, 0.6) is 5.75 Å². The fourth-order valence-corrected chi connectivity index (χ4v) is 6.25. The molecule has 0 radical (unpaired) electrons. The second-order valence-electron chi connectivity index (χ2n) is 9.23. The smallest absolute Gasteiger partial charge is 0.256 e. The summed E-state index contributed by atoms with van der Waals surface area (Å²) in [5, 5.41) is 1.60. The summed E-state index contributed by atoms with van der Waals surface area (Å²) in [6.45, 7) is 2.41. The van der Waals surface area contributed by atoms with Gasteiger partial charge in [-0.25, -0.2) is 8.42 Å². The van der Waals surface area contributed by atoms with Gasteiger partial charge in [-0.2, -0.15) is 0 Å². The van der Waals surface area contributed by atoms with Crippen LogP contribution >= 0.6 is 0 Å². The standard InChI is InChI=1S/C29H26N4O4S/c1-37-21-10-11-26-24(17-21)25(19-30-26)29(34)33-14-12-32(13-15-33)27-9-5-6-20-16-23(18-31-28(20)27)38(35,36)22-7-3-2-4-8-22/h2-11,16-19,30H,12-15H2,1H3. The Morgan fingerprint density at radius 3 is 2.47 bits per heavy atom. The Morgan fingerprint density at radius 2 is 1.71 bits per heavy atom. The summed E-state index contributed by atoms with van der Waals surface area (Å²) in [4.78, 5) is 25.6. The number of carbonyl (C=O) groups excluding carboxylic acids is 1. The van der Waals surface area contributed by atoms with Crippen molar-refractivity contribution >= 4 is 43.2 Å². The van der Waals surface area contributed by atoms with Gasteiger partial charge in [-0.05, 0) is 42.5 Å². The quantitative estimate of drug-likeness (QED) is 0.362. The van der Waals surface area contributed by atoms with E-state index in [1.807, 2.05) is 41.3 Å². The number of nitrogens with zero attached hydrogens (tertiary/aromatic N) is 3. The number of H-pyrrole nitrogens is 1. The molecule has 0 unspecified atom stereocenters. The van der Waals surface area contributed by atoms with Crippen molar-refractivity contribution < 1.29 is 17.9 Å². The summed E-state index contributed by atoms with van der Waals surface area (Å²) in [6.07, 6.45) is 3.19. The van der Waals surface area contributed by atoms with E-state index < -0.39 is 9.84 Å². The summed E-state index contributed by atoms with van der Waals surface area (Å²) >= 11 is 0. The molecule has 9 heteroatoms. The number of pyridine rings is 1. The molecule has 5 aromatic rings. The highest BCUT2D eigenvalue weighted by molar-refractivity contribution is 7.91. The highest BCUT2D eigenvalue weighted by Gasteiger charge is 2.26. The average molecular weight is 527 g/mol. The van der Waals surface area contributed by atoms with E-state index in [4.69, 9.17) is 4.74 Å². The number of piperazine rings is 1. The minimum atomic E-state index is -3.66. The first kappa shape index (κ1) is 24.0. The van der Waals surface area contributed by atoms with Gasteiger partial charge >= 0.3 is 0 Å². The van der Waals surface area contributed by atoms with Crippen LogP contribution in [-0.2, 0) is 9.84 Å². The first-order valence-corrected chi connectivity index (χ1v) is 13.8. The van der Waals surface area contributed by atoms with Gasteiger partial charge in [-0.3, -0.25) is 9.78 Å². The van der Waals surface area contributed by atoms with Crippen LogP contribution in [0.2, 0.25) is 0 Å². The molecular formula is C29H26N4O4S. The Balaban J connectivity index is 1.22. The van der Waals surface area contributed by atoms with Gasteiger partial charge in [0.1, 0.15) is 5.75 Å². The van der Waals surface area contributed by atoms with E-state index in [1.165, 1.54) is 6.20 Å². The van der Waals surface area contributed by atoms with Crippen LogP contribution in [0.15, 0.2) is 95.0 Å². The van der Waals surface area contributed by atoms with Crippen LogP contribution in [0, 0.1) is 0 Å². The summed E-state index contributed by atoms with van der Waals surface area (Å²) in [5.41, 5.74) is 3.19. The molecule has 1 amide bonds. The molecule has 3 aromatic carbocycles. The molecule has 0 bridgehead atoms. The van der Waals surface area contributed by atoms with Crippen LogP contribution in [0.1, 0.15) is 10.4 Å². The number of anilines is 1. The van der Waals surface area contributed by atoms with Gasteiger partial charge in [-0.1, -0.05) is 30.3 Å². The Hall–Kier alpha value is -4.37. The van der Waals surface area contributed by atoms with Crippen molar-refractivity contribution in [1.82, 2.24) is 14.9 Å². The van der Waals surface area contributed by atoms with E-state index in [0.29, 0.717) is 37.5 Å². The molecule has 3 heterocycles. The zero-order valence-electron chi connectivity index (χ0n) is 20.8. The van der Waals surface area contributed by atoms with Gasteiger partial charge in [0.05, 0.1) is 33.7 Å². The largest absolute Gasteiger partial charge is 0.497 e. The average Bonchev–Trinajstić information content (AvgIpc) is 3.40. The third kappa shape index (κ3) is 4.14. The molecule has 0 atom stereocenters. The number of nitrogens with one attached hydrogen (secondary N) is 1. The van der Waals surface area contributed by atoms with Crippen molar-refractivity contribution in [2.75, 3.05) is 38.2 Å². The molecule has 1 aliphatic heterocycles. The molecule has 0 spiro atoms. The first-order chi connectivity index (χ1) is 18.5. The number of benzene rings is 3. The number of amides is 1. The molecule has 1 saturated heterocycles. The zero-order chi connectivity index (χ0) is 26.3. The first-order valence-electron chi connectivity index (χ1n) is 12.3. The number of carbonyl (C=O) groups is 1. The number of para-hydroxylation sites is 1. The third-order valence-corrected chi connectivity index (χ3v) is 8.79. The number of sulfone groups is 1. The molecule has 1 aliphatic rings. The Bertz CT molecular complexity index is 1760. The summed E-state index contributed by atoms with van der Waals surface area (Å²) in [6, 6.07) is 21.5. The van der Waals surface area contributed by atoms with E-state index in [0.717, 1.165) is 27.5 Å². The molecule has 1 N–H and O–H groups in total. The fourth-order valence-electron chi connectivity index (χ4n) is 4.99. The van der Waals surface area contributed by atoms with E-state index in [2.05, 4.69) is 14.9 Å². The number of hydrogen-bond donors (Lipinski definition) is 1. The van der Waals surface area contributed by atoms with Gasteiger partial charge in [0.25, 0.3) is 5.91 Å². The van der Waals surface area contributed by atoms with Gasteiger partial charge in [0.15, 0.2) is 0 Å². The lowest BCUT2D eigenvalue weighted by molar-refractivity contribution is 0.0749. The van der Waals surface area contributed by atoms with Crippen LogP contribution in [0.4, 0.5) is 5.69 Å². The predicted octanol–water partition coefficient (Wildman–Crippen LogP) is 4.52. The lowest BCUT2D eigenvalue weighted by Crippen LogP contribution is -2.48. The van der Waals surface area contributed by atoms with Gasteiger partial charge in [0.2, 0.25) is 9.84 Å². The lowest BCUT2D eigenvalue weighted by atomic mass is 10.1. The third-order valence-electron chi connectivity index (χ3n) is 7.06. The van der Waals surface area contributed by atoms with E-state index in [1.54, 1.807) is 49.7 Å².